The highest BCUT2D eigenvalue weighted by molar-refractivity contribution is 6.29. The summed E-state index contributed by atoms with van der Waals surface area (Å²) in [5.41, 5.74) is 0. The zero-order valence-electron chi connectivity index (χ0n) is 10.6. The molecule has 0 aromatic rings. The number of carboxylic acid groups (broad SMARTS) is 1. The Balaban J connectivity index is 1.85. The first-order valence-electron chi connectivity index (χ1n) is 6.62. The van der Waals surface area contributed by atoms with Gasteiger partial charge in [-0.25, -0.2) is 0 Å². The molecule has 0 aliphatic carbocycles. The summed E-state index contributed by atoms with van der Waals surface area (Å²) in [5, 5.41) is 9.88. The van der Waals surface area contributed by atoms with Crippen LogP contribution in [0.15, 0.2) is 11.6 Å². The first-order chi connectivity index (χ1) is 8.58. The van der Waals surface area contributed by atoms with Gasteiger partial charge in [0, 0.05) is 30.7 Å². The van der Waals surface area contributed by atoms with Crippen molar-refractivity contribution in [2.24, 2.45) is 0 Å². The minimum atomic E-state index is -0.663. The van der Waals surface area contributed by atoms with Crippen molar-refractivity contribution in [2.45, 2.75) is 37.8 Å². The minimum absolute atomic E-state index is 0.260. The molecule has 2 heterocycles. The van der Waals surface area contributed by atoms with Crippen molar-refractivity contribution >= 4 is 17.6 Å². The summed E-state index contributed by atoms with van der Waals surface area (Å²) in [5.74, 6) is -0.663. The number of halogens is 1. The minimum Gasteiger partial charge on any atom is -0.480 e. The molecule has 2 fully saturated rings. The molecule has 1 atom stereocenters. The Morgan fingerprint density at radius 2 is 1.94 bits per heavy atom. The summed E-state index contributed by atoms with van der Waals surface area (Å²) in [6.07, 6.45) is 3.88. The Labute approximate surface area is 113 Å². The average Bonchev–Trinajstić information content (AvgIpc) is 2.78. The van der Waals surface area contributed by atoms with Gasteiger partial charge in [-0.1, -0.05) is 18.2 Å². The van der Waals surface area contributed by atoms with Crippen molar-refractivity contribution < 1.29 is 9.90 Å². The Morgan fingerprint density at radius 3 is 2.50 bits per heavy atom. The van der Waals surface area contributed by atoms with Gasteiger partial charge in [0.1, 0.15) is 6.04 Å². The lowest BCUT2D eigenvalue weighted by molar-refractivity contribution is -0.143. The molecule has 2 aliphatic rings. The molecule has 102 valence electrons. The first-order valence-corrected chi connectivity index (χ1v) is 7.00. The van der Waals surface area contributed by atoms with Crippen molar-refractivity contribution in [2.75, 3.05) is 26.2 Å². The van der Waals surface area contributed by atoms with Crippen LogP contribution in [0.3, 0.4) is 0 Å². The van der Waals surface area contributed by atoms with Crippen molar-refractivity contribution in [3.63, 3.8) is 0 Å². The molecule has 2 aliphatic heterocycles. The molecule has 1 unspecified atom stereocenters. The van der Waals surface area contributed by atoms with Gasteiger partial charge in [-0.05, 0) is 32.2 Å². The summed E-state index contributed by atoms with van der Waals surface area (Å²) in [6.45, 7) is 7.37. The van der Waals surface area contributed by atoms with Crippen LogP contribution in [0.5, 0.6) is 0 Å². The number of carboxylic acids is 1. The molecule has 4 nitrogen and oxygen atoms in total. The van der Waals surface area contributed by atoms with Crippen LogP contribution in [-0.2, 0) is 4.79 Å². The molecule has 5 heteroatoms. The maximum Gasteiger partial charge on any atom is 0.320 e. The van der Waals surface area contributed by atoms with E-state index in [0.29, 0.717) is 11.1 Å². The van der Waals surface area contributed by atoms with Gasteiger partial charge in [0.2, 0.25) is 0 Å². The normalized spacial score (nSPS) is 27.5. The van der Waals surface area contributed by atoms with Gasteiger partial charge in [-0.3, -0.25) is 14.6 Å². The molecule has 0 aromatic heterocycles. The molecule has 0 bridgehead atoms. The molecule has 0 radical (unpaired) electrons. The van der Waals surface area contributed by atoms with E-state index in [1.165, 1.54) is 0 Å². The maximum atomic E-state index is 11.2. The number of rotatable bonds is 4. The van der Waals surface area contributed by atoms with Crippen LogP contribution < -0.4 is 0 Å². The molecule has 0 amide bonds. The van der Waals surface area contributed by atoms with E-state index in [0.717, 1.165) is 51.9 Å². The highest BCUT2D eigenvalue weighted by Gasteiger charge is 2.36. The SMILES string of the molecule is C=C(Cl)CN1CCC(N2CCCC2C(=O)O)CC1. The lowest BCUT2D eigenvalue weighted by Gasteiger charge is -2.38. The van der Waals surface area contributed by atoms with E-state index >= 15 is 0 Å². The number of hydrogen-bond acceptors (Lipinski definition) is 3. The highest BCUT2D eigenvalue weighted by atomic mass is 35.5. The number of hydrogen-bond donors (Lipinski definition) is 1. The number of nitrogens with zero attached hydrogens (tertiary/aromatic N) is 2. The molecule has 0 aromatic carbocycles. The number of carbonyl (C=O) groups is 1. The van der Waals surface area contributed by atoms with Crippen LogP contribution in [0.25, 0.3) is 0 Å². The van der Waals surface area contributed by atoms with Crippen LogP contribution in [0, 0.1) is 0 Å². The molecular weight excluding hydrogens is 252 g/mol. The molecule has 2 saturated heterocycles. The molecule has 18 heavy (non-hydrogen) atoms. The molecule has 2 rings (SSSR count). The average molecular weight is 273 g/mol. The quantitative estimate of drug-likeness (QED) is 0.847. The Kier molecular flexibility index (Phi) is 4.65. The second-order valence-electron chi connectivity index (χ2n) is 5.26. The molecule has 1 N–H and O–H groups in total. The summed E-state index contributed by atoms with van der Waals surface area (Å²) in [6, 6.07) is 0.165. The van der Waals surface area contributed by atoms with E-state index in [1.807, 2.05) is 0 Å². The summed E-state index contributed by atoms with van der Waals surface area (Å²) in [4.78, 5) is 15.7. The van der Waals surface area contributed by atoms with E-state index in [9.17, 15) is 9.90 Å². The van der Waals surface area contributed by atoms with Crippen LogP contribution >= 0.6 is 11.6 Å². The topological polar surface area (TPSA) is 43.8 Å². The van der Waals surface area contributed by atoms with Gasteiger partial charge in [-0.15, -0.1) is 0 Å². The Hall–Kier alpha value is -0.580. The zero-order valence-corrected chi connectivity index (χ0v) is 11.4. The lowest BCUT2D eigenvalue weighted by atomic mass is 10.0. The van der Waals surface area contributed by atoms with Gasteiger partial charge in [0.05, 0.1) is 0 Å². The third-order valence-electron chi connectivity index (χ3n) is 4.00. The predicted molar refractivity (Wildman–Crippen MR) is 71.8 cm³/mol. The van der Waals surface area contributed by atoms with Crippen LogP contribution in [0.4, 0.5) is 0 Å². The number of piperidine rings is 1. The molecular formula is C13H21ClN2O2. The third-order valence-corrected chi connectivity index (χ3v) is 4.12. The van der Waals surface area contributed by atoms with Crippen molar-refractivity contribution in [1.82, 2.24) is 9.80 Å². The van der Waals surface area contributed by atoms with E-state index < -0.39 is 5.97 Å². The van der Waals surface area contributed by atoms with Gasteiger partial charge in [-0.2, -0.15) is 0 Å². The second-order valence-corrected chi connectivity index (χ2v) is 5.79. The van der Waals surface area contributed by atoms with Crippen molar-refractivity contribution in [1.29, 1.82) is 0 Å². The van der Waals surface area contributed by atoms with Crippen molar-refractivity contribution in [3.05, 3.63) is 11.6 Å². The van der Waals surface area contributed by atoms with Gasteiger partial charge < -0.3 is 5.11 Å². The monoisotopic (exact) mass is 272 g/mol. The fourth-order valence-corrected chi connectivity index (χ4v) is 3.31. The summed E-state index contributed by atoms with van der Waals surface area (Å²) < 4.78 is 0. The smallest absolute Gasteiger partial charge is 0.320 e. The number of likely N-dealkylation sites (tertiary alicyclic amines) is 2. The van der Waals surface area contributed by atoms with Crippen LogP contribution in [0.1, 0.15) is 25.7 Å². The van der Waals surface area contributed by atoms with E-state index in [2.05, 4.69) is 16.4 Å². The standard InChI is InChI=1S/C13H21ClN2O2/c1-10(14)9-15-7-4-11(5-8-15)16-6-2-3-12(16)13(17)18/h11-12H,1-9H2,(H,17,18). The zero-order chi connectivity index (χ0) is 13.1. The Morgan fingerprint density at radius 1 is 1.28 bits per heavy atom. The van der Waals surface area contributed by atoms with E-state index in [1.54, 1.807) is 0 Å². The maximum absolute atomic E-state index is 11.2. The van der Waals surface area contributed by atoms with Crippen LogP contribution in [0.2, 0.25) is 0 Å². The second kappa shape index (κ2) is 6.04. The number of aliphatic carboxylic acids is 1. The van der Waals surface area contributed by atoms with E-state index in [4.69, 9.17) is 11.6 Å². The fraction of sp³-hybridized carbons (Fsp3) is 0.769. The summed E-state index contributed by atoms with van der Waals surface area (Å²) >= 11 is 5.82. The summed E-state index contributed by atoms with van der Waals surface area (Å²) in [7, 11) is 0. The van der Waals surface area contributed by atoms with Gasteiger partial charge in [0.15, 0.2) is 0 Å². The van der Waals surface area contributed by atoms with Gasteiger partial charge in [0.25, 0.3) is 0 Å². The largest absolute Gasteiger partial charge is 0.480 e. The van der Waals surface area contributed by atoms with Crippen LogP contribution in [-0.4, -0.2) is 59.1 Å². The molecule has 0 saturated carbocycles. The third kappa shape index (κ3) is 3.25. The van der Waals surface area contributed by atoms with E-state index in [-0.39, 0.29) is 6.04 Å². The highest BCUT2D eigenvalue weighted by Crippen LogP contribution is 2.26. The predicted octanol–water partition coefficient (Wildman–Crippen LogP) is 1.75. The first kappa shape index (κ1) is 13.8. The fourth-order valence-electron chi connectivity index (χ4n) is 3.14. The van der Waals surface area contributed by atoms with Gasteiger partial charge >= 0.3 is 5.97 Å². The molecule has 0 spiro atoms. The Bertz CT molecular complexity index is 327. The lowest BCUT2D eigenvalue weighted by Crippen LogP contribution is -2.49. The van der Waals surface area contributed by atoms with Crippen molar-refractivity contribution in [3.8, 4) is 0 Å².